The van der Waals surface area contributed by atoms with Gasteiger partial charge in [-0.25, -0.2) is 9.18 Å². The standard InChI is InChI=1S/C19H17N3O4.C12H14FN3/c1-10-4-6-12(7-5-10)9-22-18-15(11(2)20-21(18)3)17-16(19(22)25)13(23)8-14(24)26-17;1-9-7-12(16(2)15-9)14-8-10-3-5-11(13)6-4-10/h4-8,23H,9H2,1-3H3;3-7,14H,8H2,1-2H3. The van der Waals surface area contributed by atoms with Gasteiger partial charge in [0.05, 0.1) is 29.4 Å². The Labute approximate surface area is 240 Å². The number of aromatic nitrogens is 5. The third-order valence-electron chi connectivity index (χ3n) is 6.92. The van der Waals surface area contributed by atoms with Crippen LogP contribution in [0.25, 0.3) is 22.0 Å². The van der Waals surface area contributed by atoms with Crippen LogP contribution in [0.4, 0.5) is 10.2 Å². The Morgan fingerprint density at radius 2 is 1.55 bits per heavy atom. The Balaban J connectivity index is 0.000000189. The maximum Gasteiger partial charge on any atom is 0.339 e. The lowest BCUT2D eigenvalue weighted by atomic mass is 10.1. The molecule has 10 nitrogen and oxygen atoms in total. The molecule has 0 spiro atoms. The van der Waals surface area contributed by atoms with E-state index in [0.29, 0.717) is 29.8 Å². The number of hydrogen-bond donors (Lipinski definition) is 2. The van der Waals surface area contributed by atoms with Gasteiger partial charge in [0.15, 0.2) is 5.58 Å². The molecule has 42 heavy (non-hydrogen) atoms. The fourth-order valence-electron chi connectivity index (χ4n) is 4.91. The Hall–Kier alpha value is -5.19. The highest BCUT2D eigenvalue weighted by molar-refractivity contribution is 6.04. The number of pyridine rings is 1. The van der Waals surface area contributed by atoms with Crippen LogP contribution < -0.4 is 16.5 Å². The fourth-order valence-corrected chi connectivity index (χ4v) is 4.91. The first kappa shape index (κ1) is 28.3. The van der Waals surface area contributed by atoms with Crippen molar-refractivity contribution in [1.29, 1.82) is 0 Å². The normalized spacial score (nSPS) is 11.1. The summed E-state index contributed by atoms with van der Waals surface area (Å²) in [6, 6.07) is 17.2. The molecule has 0 aliphatic rings. The maximum atomic E-state index is 13.1. The molecular formula is C31H31FN6O4. The summed E-state index contributed by atoms with van der Waals surface area (Å²) in [7, 11) is 3.62. The number of nitrogens with one attached hydrogen (secondary N) is 1. The molecule has 4 heterocycles. The van der Waals surface area contributed by atoms with Crippen molar-refractivity contribution in [3.05, 3.63) is 115 Å². The molecule has 0 aliphatic heterocycles. The van der Waals surface area contributed by atoms with E-state index in [0.717, 1.165) is 34.3 Å². The van der Waals surface area contributed by atoms with Gasteiger partial charge in [-0.15, -0.1) is 0 Å². The second kappa shape index (κ2) is 11.4. The molecule has 0 bridgehead atoms. The van der Waals surface area contributed by atoms with Gasteiger partial charge >= 0.3 is 5.63 Å². The van der Waals surface area contributed by atoms with Crippen molar-refractivity contribution in [2.45, 2.75) is 33.9 Å². The summed E-state index contributed by atoms with van der Waals surface area (Å²) < 4.78 is 22.9. The Bertz CT molecular complexity index is 2020. The van der Waals surface area contributed by atoms with Gasteiger partial charge in [-0.1, -0.05) is 42.0 Å². The van der Waals surface area contributed by atoms with Crippen LogP contribution in [-0.2, 0) is 27.2 Å². The minimum absolute atomic E-state index is 0.0136. The number of hydrogen-bond acceptors (Lipinski definition) is 7. The monoisotopic (exact) mass is 570 g/mol. The predicted molar refractivity (Wildman–Crippen MR) is 159 cm³/mol. The lowest BCUT2D eigenvalue weighted by Crippen LogP contribution is -2.23. The van der Waals surface area contributed by atoms with Gasteiger partial charge in [-0.3, -0.25) is 18.7 Å². The molecule has 216 valence electrons. The molecule has 0 unspecified atom stereocenters. The topological polar surface area (TPSA) is 120 Å². The molecule has 0 amide bonds. The minimum atomic E-state index is -0.713. The van der Waals surface area contributed by atoms with Crippen molar-refractivity contribution >= 4 is 27.8 Å². The minimum Gasteiger partial charge on any atom is -0.507 e. The Morgan fingerprint density at radius 3 is 2.19 bits per heavy atom. The van der Waals surface area contributed by atoms with Gasteiger partial charge < -0.3 is 14.8 Å². The van der Waals surface area contributed by atoms with E-state index in [-0.39, 0.29) is 22.5 Å². The third kappa shape index (κ3) is 5.67. The molecule has 0 fully saturated rings. The number of aryl methyl sites for hydroxylation is 5. The largest absolute Gasteiger partial charge is 0.507 e. The zero-order valence-electron chi connectivity index (χ0n) is 24.0. The van der Waals surface area contributed by atoms with E-state index < -0.39 is 11.2 Å². The smallest absolute Gasteiger partial charge is 0.339 e. The summed E-state index contributed by atoms with van der Waals surface area (Å²) in [6.45, 7) is 6.69. The zero-order valence-corrected chi connectivity index (χ0v) is 24.0. The van der Waals surface area contributed by atoms with Crippen molar-refractivity contribution in [2.75, 3.05) is 5.32 Å². The van der Waals surface area contributed by atoms with Gasteiger partial charge in [0, 0.05) is 26.7 Å². The van der Waals surface area contributed by atoms with Gasteiger partial charge in [0.25, 0.3) is 5.56 Å². The van der Waals surface area contributed by atoms with Crippen LogP contribution in [0.1, 0.15) is 28.1 Å². The first-order valence-corrected chi connectivity index (χ1v) is 13.3. The van der Waals surface area contributed by atoms with Crippen LogP contribution in [0.5, 0.6) is 5.75 Å². The number of nitrogens with zero attached hydrogens (tertiary/aromatic N) is 5. The zero-order chi connectivity index (χ0) is 30.1. The second-order valence-corrected chi connectivity index (χ2v) is 10.2. The maximum absolute atomic E-state index is 13.1. The first-order valence-electron chi connectivity index (χ1n) is 13.3. The van der Waals surface area contributed by atoms with Gasteiger partial charge in [0.1, 0.15) is 28.4 Å². The molecule has 6 rings (SSSR count). The van der Waals surface area contributed by atoms with Crippen LogP contribution >= 0.6 is 0 Å². The molecule has 2 N–H and O–H groups in total. The number of aromatic hydroxyl groups is 1. The van der Waals surface area contributed by atoms with E-state index in [2.05, 4.69) is 15.5 Å². The summed E-state index contributed by atoms with van der Waals surface area (Å²) in [4.78, 5) is 24.8. The number of benzene rings is 2. The van der Waals surface area contributed by atoms with Crippen LogP contribution in [0.3, 0.4) is 0 Å². The number of halogens is 1. The SMILES string of the molecule is Cc1cc(NCc2ccc(F)cc2)n(C)n1.Cc1ccc(Cn2c(=O)c3c(O)cc(=O)oc3c3c(C)nn(C)c32)cc1. The van der Waals surface area contributed by atoms with Crippen LogP contribution in [0, 0.1) is 26.6 Å². The molecule has 0 radical (unpaired) electrons. The number of rotatable bonds is 5. The third-order valence-corrected chi connectivity index (χ3v) is 6.92. The Morgan fingerprint density at radius 1 is 0.881 bits per heavy atom. The summed E-state index contributed by atoms with van der Waals surface area (Å²) in [5.41, 5.74) is 4.15. The van der Waals surface area contributed by atoms with Crippen LogP contribution in [-0.4, -0.2) is 29.2 Å². The number of fused-ring (bicyclic) bond motifs is 3. The Kier molecular flexibility index (Phi) is 7.66. The van der Waals surface area contributed by atoms with E-state index in [1.54, 1.807) is 40.0 Å². The summed E-state index contributed by atoms with van der Waals surface area (Å²) in [5, 5.41) is 22.6. The highest BCUT2D eigenvalue weighted by Crippen LogP contribution is 2.29. The van der Waals surface area contributed by atoms with Crippen molar-refractivity contribution in [2.24, 2.45) is 14.1 Å². The summed E-state index contributed by atoms with van der Waals surface area (Å²) in [6.07, 6.45) is 0. The van der Waals surface area contributed by atoms with Crippen molar-refractivity contribution in [3.8, 4) is 5.75 Å². The summed E-state index contributed by atoms with van der Waals surface area (Å²) in [5.74, 6) is 0.367. The van der Waals surface area contributed by atoms with Crippen LogP contribution in [0.15, 0.2) is 74.7 Å². The molecule has 0 aliphatic carbocycles. The second-order valence-electron chi connectivity index (χ2n) is 10.2. The molecule has 11 heteroatoms. The molecule has 4 aromatic heterocycles. The lowest BCUT2D eigenvalue weighted by molar-refractivity contribution is 0.467. The van der Waals surface area contributed by atoms with Crippen molar-refractivity contribution in [3.63, 3.8) is 0 Å². The van der Waals surface area contributed by atoms with Crippen LogP contribution in [0.2, 0.25) is 0 Å². The number of anilines is 1. The highest BCUT2D eigenvalue weighted by Gasteiger charge is 2.22. The van der Waals surface area contributed by atoms with E-state index in [9.17, 15) is 19.1 Å². The van der Waals surface area contributed by atoms with E-state index in [4.69, 9.17) is 4.42 Å². The lowest BCUT2D eigenvalue weighted by Gasteiger charge is -2.12. The molecule has 2 aromatic carbocycles. The van der Waals surface area contributed by atoms with Gasteiger partial charge in [-0.05, 0) is 44.0 Å². The van der Waals surface area contributed by atoms with Gasteiger partial charge in [-0.2, -0.15) is 10.2 Å². The van der Waals surface area contributed by atoms with Crippen molar-refractivity contribution in [1.82, 2.24) is 24.1 Å². The molecule has 0 saturated heterocycles. The average Bonchev–Trinajstić information content (AvgIpc) is 3.42. The molecule has 0 atom stereocenters. The fraction of sp³-hybridized carbons (Fsp3) is 0.226. The summed E-state index contributed by atoms with van der Waals surface area (Å²) >= 11 is 0. The predicted octanol–water partition coefficient (Wildman–Crippen LogP) is 4.69. The first-order chi connectivity index (χ1) is 20.0. The highest BCUT2D eigenvalue weighted by atomic mass is 19.1. The van der Waals surface area contributed by atoms with E-state index in [1.165, 1.54) is 12.1 Å². The molecular weight excluding hydrogens is 539 g/mol. The average molecular weight is 571 g/mol. The van der Waals surface area contributed by atoms with E-state index >= 15 is 0 Å². The molecule has 6 aromatic rings. The molecule has 0 saturated carbocycles. The quantitative estimate of drug-likeness (QED) is 0.309. The van der Waals surface area contributed by atoms with Crippen molar-refractivity contribution < 1.29 is 13.9 Å². The van der Waals surface area contributed by atoms with E-state index in [1.807, 2.05) is 51.2 Å². The van der Waals surface area contributed by atoms with Gasteiger partial charge in [0.2, 0.25) is 0 Å².